The molecule has 0 spiro atoms. The molecule has 2 amide bonds. The highest BCUT2D eigenvalue weighted by molar-refractivity contribution is 5.74. The molecule has 0 saturated heterocycles. The van der Waals surface area contributed by atoms with Crippen LogP contribution in [0.1, 0.15) is 27.7 Å². The van der Waals surface area contributed by atoms with Crippen LogP contribution in [0.3, 0.4) is 0 Å². The van der Waals surface area contributed by atoms with Crippen molar-refractivity contribution in [1.29, 1.82) is 0 Å². The van der Waals surface area contributed by atoms with Gasteiger partial charge in [-0.25, -0.2) is 4.79 Å². The second-order valence-electron chi connectivity index (χ2n) is 6.11. The molecule has 5 heteroatoms. The summed E-state index contributed by atoms with van der Waals surface area (Å²) >= 11 is 0. The molecule has 1 rings (SSSR count). The molecule has 0 unspecified atom stereocenters. The van der Waals surface area contributed by atoms with Crippen LogP contribution < -0.4 is 14.8 Å². The van der Waals surface area contributed by atoms with Crippen LogP contribution in [-0.4, -0.2) is 37.9 Å². The fourth-order valence-electron chi connectivity index (χ4n) is 2.15. The van der Waals surface area contributed by atoms with Crippen LogP contribution in [0, 0.1) is 11.8 Å². The maximum Gasteiger partial charge on any atom is 0.320 e. The molecule has 0 aliphatic carbocycles. The van der Waals surface area contributed by atoms with E-state index in [1.54, 1.807) is 7.11 Å². The van der Waals surface area contributed by atoms with Crippen molar-refractivity contribution in [2.24, 2.45) is 11.8 Å². The largest absolute Gasteiger partial charge is 0.493 e. The van der Waals surface area contributed by atoms with Gasteiger partial charge in [-0.05, 0) is 24.0 Å². The smallest absolute Gasteiger partial charge is 0.320 e. The Bertz CT molecular complexity index is 451. The standard InChI is InChI=1S/C17H28N2O3/c1-13(2)10-19(11-14(3)4)17(20)18-12-22-16-9-7-6-8-15(16)21-5/h6-9,13-14H,10-12H2,1-5H3,(H,18,20). The van der Waals surface area contributed by atoms with E-state index in [2.05, 4.69) is 33.0 Å². The highest BCUT2D eigenvalue weighted by Crippen LogP contribution is 2.25. The second kappa shape index (κ2) is 9.18. The van der Waals surface area contributed by atoms with Gasteiger partial charge in [0, 0.05) is 13.1 Å². The van der Waals surface area contributed by atoms with Gasteiger partial charge < -0.3 is 19.7 Å². The topological polar surface area (TPSA) is 50.8 Å². The van der Waals surface area contributed by atoms with Gasteiger partial charge >= 0.3 is 6.03 Å². The molecule has 0 saturated carbocycles. The Kier molecular flexibility index (Phi) is 7.57. The molecule has 0 aliphatic heterocycles. The van der Waals surface area contributed by atoms with Gasteiger partial charge in [-0.1, -0.05) is 39.8 Å². The summed E-state index contributed by atoms with van der Waals surface area (Å²) in [6, 6.07) is 7.27. The summed E-state index contributed by atoms with van der Waals surface area (Å²) in [5.41, 5.74) is 0. The van der Waals surface area contributed by atoms with Crippen molar-refractivity contribution < 1.29 is 14.3 Å². The zero-order valence-corrected chi connectivity index (χ0v) is 14.3. The molecular weight excluding hydrogens is 280 g/mol. The first-order valence-corrected chi connectivity index (χ1v) is 7.72. The average molecular weight is 308 g/mol. The highest BCUT2D eigenvalue weighted by atomic mass is 16.5. The summed E-state index contributed by atoms with van der Waals surface area (Å²) < 4.78 is 10.8. The molecule has 124 valence electrons. The Morgan fingerprint density at radius 3 is 2.14 bits per heavy atom. The van der Waals surface area contributed by atoms with E-state index in [4.69, 9.17) is 9.47 Å². The lowest BCUT2D eigenvalue weighted by atomic mass is 10.1. The lowest BCUT2D eigenvalue weighted by Crippen LogP contribution is -2.44. The SMILES string of the molecule is COc1ccccc1OCNC(=O)N(CC(C)C)CC(C)C. The molecule has 22 heavy (non-hydrogen) atoms. The summed E-state index contributed by atoms with van der Waals surface area (Å²) in [5.74, 6) is 2.13. The molecule has 1 aromatic rings. The third-order valence-corrected chi connectivity index (χ3v) is 2.98. The molecule has 5 nitrogen and oxygen atoms in total. The van der Waals surface area contributed by atoms with E-state index in [1.165, 1.54) is 0 Å². The number of urea groups is 1. The Labute approximate surface area is 133 Å². The Morgan fingerprint density at radius 1 is 1.09 bits per heavy atom. The maximum atomic E-state index is 12.3. The van der Waals surface area contributed by atoms with Crippen molar-refractivity contribution in [3.8, 4) is 11.5 Å². The fourth-order valence-corrected chi connectivity index (χ4v) is 2.15. The molecule has 1 aromatic carbocycles. The van der Waals surface area contributed by atoms with Crippen LogP contribution in [0.15, 0.2) is 24.3 Å². The van der Waals surface area contributed by atoms with Crippen LogP contribution in [-0.2, 0) is 0 Å². The summed E-state index contributed by atoms with van der Waals surface area (Å²) in [6.07, 6.45) is 0. The number of hydrogen-bond donors (Lipinski definition) is 1. The normalized spacial score (nSPS) is 10.7. The summed E-state index contributed by atoms with van der Waals surface area (Å²) in [6.45, 7) is 10.00. The van der Waals surface area contributed by atoms with Gasteiger partial charge in [0.25, 0.3) is 0 Å². The molecule has 0 aliphatic rings. The van der Waals surface area contributed by atoms with E-state index >= 15 is 0 Å². The number of hydrogen-bond acceptors (Lipinski definition) is 3. The zero-order valence-electron chi connectivity index (χ0n) is 14.3. The molecular formula is C17H28N2O3. The first kappa shape index (κ1) is 18.1. The van der Waals surface area contributed by atoms with E-state index in [-0.39, 0.29) is 12.8 Å². The predicted molar refractivity (Wildman–Crippen MR) is 88.3 cm³/mol. The minimum Gasteiger partial charge on any atom is -0.493 e. The van der Waals surface area contributed by atoms with Gasteiger partial charge in [0.2, 0.25) is 0 Å². The zero-order chi connectivity index (χ0) is 16.5. The molecule has 0 heterocycles. The number of methoxy groups -OCH3 is 1. The number of nitrogens with one attached hydrogen (secondary N) is 1. The quantitative estimate of drug-likeness (QED) is 0.749. The predicted octanol–water partition coefficient (Wildman–Crippen LogP) is 3.36. The van der Waals surface area contributed by atoms with Gasteiger partial charge in [0.1, 0.15) is 0 Å². The minimum absolute atomic E-state index is 0.0997. The van der Waals surface area contributed by atoms with Crippen LogP contribution >= 0.6 is 0 Å². The van der Waals surface area contributed by atoms with Crippen molar-refractivity contribution in [1.82, 2.24) is 10.2 Å². The number of benzene rings is 1. The summed E-state index contributed by atoms with van der Waals surface area (Å²) in [5, 5.41) is 2.80. The lowest BCUT2D eigenvalue weighted by molar-refractivity contribution is 0.171. The van der Waals surface area contributed by atoms with Crippen molar-refractivity contribution >= 4 is 6.03 Å². The number of ether oxygens (including phenoxy) is 2. The highest BCUT2D eigenvalue weighted by Gasteiger charge is 2.16. The molecule has 0 radical (unpaired) electrons. The molecule has 0 bridgehead atoms. The van der Waals surface area contributed by atoms with Crippen molar-refractivity contribution in [2.45, 2.75) is 27.7 Å². The summed E-state index contributed by atoms with van der Waals surface area (Å²) in [7, 11) is 1.59. The van der Waals surface area contributed by atoms with E-state index in [0.29, 0.717) is 23.3 Å². The van der Waals surface area contributed by atoms with Gasteiger partial charge in [0.05, 0.1) is 7.11 Å². The first-order chi connectivity index (χ1) is 10.4. The third-order valence-electron chi connectivity index (χ3n) is 2.98. The van der Waals surface area contributed by atoms with E-state index in [1.807, 2.05) is 29.2 Å². The number of amides is 2. The van der Waals surface area contributed by atoms with Gasteiger partial charge in [-0.2, -0.15) is 0 Å². The Hall–Kier alpha value is -1.91. The van der Waals surface area contributed by atoms with Crippen LogP contribution in [0.5, 0.6) is 11.5 Å². The van der Waals surface area contributed by atoms with Gasteiger partial charge in [-0.15, -0.1) is 0 Å². The average Bonchev–Trinajstić information content (AvgIpc) is 2.46. The van der Waals surface area contributed by atoms with Gasteiger partial charge in [0.15, 0.2) is 18.2 Å². The monoisotopic (exact) mass is 308 g/mol. The van der Waals surface area contributed by atoms with Crippen molar-refractivity contribution in [2.75, 3.05) is 26.9 Å². The van der Waals surface area contributed by atoms with Crippen LogP contribution in [0.25, 0.3) is 0 Å². The number of carbonyl (C=O) groups excluding carboxylic acids is 1. The van der Waals surface area contributed by atoms with Crippen molar-refractivity contribution in [3.63, 3.8) is 0 Å². The minimum atomic E-state index is -0.0997. The second-order valence-corrected chi connectivity index (χ2v) is 6.11. The number of nitrogens with zero attached hydrogens (tertiary/aromatic N) is 1. The number of rotatable bonds is 8. The number of carbonyl (C=O) groups is 1. The summed E-state index contributed by atoms with van der Waals surface area (Å²) in [4.78, 5) is 14.1. The molecule has 0 atom stereocenters. The Morgan fingerprint density at radius 2 is 1.64 bits per heavy atom. The first-order valence-electron chi connectivity index (χ1n) is 7.72. The Balaban J connectivity index is 2.52. The van der Waals surface area contributed by atoms with E-state index in [9.17, 15) is 4.79 Å². The van der Waals surface area contributed by atoms with E-state index in [0.717, 1.165) is 13.1 Å². The fraction of sp³-hybridized carbons (Fsp3) is 0.588. The third kappa shape index (κ3) is 6.24. The van der Waals surface area contributed by atoms with Crippen molar-refractivity contribution in [3.05, 3.63) is 24.3 Å². The van der Waals surface area contributed by atoms with E-state index < -0.39 is 0 Å². The molecule has 0 aromatic heterocycles. The maximum absolute atomic E-state index is 12.3. The molecule has 1 N–H and O–H groups in total. The number of para-hydroxylation sites is 2. The molecule has 0 fully saturated rings. The van der Waals surface area contributed by atoms with Crippen LogP contribution in [0.2, 0.25) is 0 Å². The van der Waals surface area contributed by atoms with Crippen LogP contribution in [0.4, 0.5) is 4.79 Å². The van der Waals surface area contributed by atoms with Gasteiger partial charge in [-0.3, -0.25) is 0 Å². The lowest BCUT2D eigenvalue weighted by Gasteiger charge is -2.26.